The Morgan fingerprint density at radius 1 is 0.818 bits per heavy atom. The van der Waals surface area contributed by atoms with Crippen LogP contribution in [0.1, 0.15) is 11.1 Å². The standard InChI is InChI=1S/C16H11F3OS2/c17-16(18,19)15(20,11-5-2-1-3-6-11)12-8-10-22-14(12)13-7-4-9-21-13/h1-10,20H. The van der Waals surface area contributed by atoms with Crippen LogP contribution in [0.25, 0.3) is 9.75 Å². The van der Waals surface area contributed by atoms with Gasteiger partial charge in [-0.15, -0.1) is 22.7 Å². The molecule has 0 amide bonds. The molecule has 1 aromatic carbocycles. The normalized spacial score (nSPS) is 14.7. The van der Waals surface area contributed by atoms with Gasteiger partial charge in [0.05, 0.1) is 4.88 Å². The fourth-order valence-corrected chi connectivity index (χ4v) is 4.18. The van der Waals surface area contributed by atoms with Crippen molar-refractivity contribution in [2.24, 2.45) is 0 Å². The number of thiophene rings is 2. The summed E-state index contributed by atoms with van der Waals surface area (Å²) < 4.78 is 41.2. The molecular weight excluding hydrogens is 329 g/mol. The quantitative estimate of drug-likeness (QED) is 0.688. The highest BCUT2D eigenvalue weighted by Crippen LogP contribution is 2.49. The minimum absolute atomic E-state index is 0.126. The molecular formula is C16H11F3OS2. The third kappa shape index (κ3) is 2.37. The zero-order valence-corrected chi connectivity index (χ0v) is 12.8. The Balaban J connectivity index is 2.24. The van der Waals surface area contributed by atoms with Crippen LogP contribution >= 0.6 is 22.7 Å². The summed E-state index contributed by atoms with van der Waals surface area (Å²) in [6, 6.07) is 12.1. The van der Waals surface area contributed by atoms with Crippen molar-refractivity contribution in [2.45, 2.75) is 11.8 Å². The number of benzene rings is 1. The third-order valence-corrected chi connectivity index (χ3v) is 5.37. The van der Waals surface area contributed by atoms with Crippen molar-refractivity contribution in [1.29, 1.82) is 0 Å². The molecule has 0 bridgehead atoms. The molecule has 0 spiro atoms. The molecule has 1 unspecified atom stereocenters. The van der Waals surface area contributed by atoms with Crippen molar-refractivity contribution in [3.63, 3.8) is 0 Å². The van der Waals surface area contributed by atoms with Crippen LogP contribution in [-0.2, 0) is 5.60 Å². The van der Waals surface area contributed by atoms with Gasteiger partial charge < -0.3 is 5.11 Å². The number of aliphatic hydroxyl groups is 1. The van der Waals surface area contributed by atoms with E-state index in [0.717, 1.165) is 0 Å². The fraction of sp³-hybridized carbons (Fsp3) is 0.125. The molecule has 22 heavy (non-hydrogen) atoms. The highest BCUT2D eigenvalue weighted by atomic mass is 32.1. The first-order valence-electron chi connectivity index (χ1n) is 6.41. The second-order valence-electron chi connectivity index (χ2n) is 4.71. The Bertz CT molecular complexity index is 747. The molecule has 1 N–H and O–H groups in total. The monoisotopic (exact) mass is 340 g/mol. The molecule has 0 saturated carbocycles. The number of alkyl halides is 3. The molecule has 3 rings (SSSR count). The van der Waals surface area contributed by atoms with Crippen molar-refractivity contribution in [3.8, 4) is 9.75 Å². The van der Waals surface area contributed by atoms with Crippen LogP contribution in [0.3, 0.4) is 0 Å². The topological polar surface area (TPSA) is 20.2 Å². The average Bonchev–Trinajstić information content (AvgIpc) is 3.16. The van der Waals surface area contributed by atoms with Gasteiger partial charge in [-0.3, -0.25) is 0 Å². The van der Waals surface area contributed by atoms with Gasteiger partial charge in [0, 0.05) is 10.4 Å². The van der Waals surface area contributed by atoms with Gasteiger partial charge in [0.25, 0.3) is 0 Å². The molecule has 0 saturated heterocycles. The highest BCUT2D eigenvalue weighted by Gasteiger charge is 2.57. The molecule has 0 fully saturated rings. The van der Waals surface area contributed by atoms with Gasteiger partial charge in [0.2, 0.25) is 5.60 Å². The van der Waals surface area contributed by atoms with Crippen LogP contribution in [0.15, 0.2) is 59.3 Å². The molecule has 0 radical (unpaired) electrons. The summed E-state index contributed by atoms with van der Waals surface area (Å²) in [6.45, 7) is 0. The smallest absolute Gasteiger partial charge is 0.372 e. The molecule has 3 aromatic rings. The minimum atomic E-state index is -4.82. The lowest BCUT2D eigenvalue weighted by Crippen LogP contribution is -2.43. The van der Waals surface area contributed by atoms with Gasteiger partial charge >= 0.3 is 6.18 Å². The summed E-state index contributed by atoms with van der Waals surface area (Å²) in [5, 5.41) is 14.0. The first-order valence-corrected chi connectivity index (χ1v) is 8.17. The Kier molecular flexibility index (Phi) is 3.84. The second kappa shape index (κ2) is 5.53. The Hall–Kier alpha value is -1.63. The van der Waals surface area contributed by atoms with Crippen LogP contribution in [0.5, 0.6) is 0 Å². The lowest BCUT2D eigenvalue weighted by atomic mass is 9.85. The maximum Gasteiger partial charge on any atom is 0.425 e. The Labute approximate surface area is 133 Å². The largest absolute Gasteiger partial charge is 0.425 e. The molecule has 2 aromatic heterocycles. The number of hydrogen-bond donors (Lipinski definition) is 1. The zero-order valence-electron chi connectivity index (χ0n) is 11.2. The highest BCUT2D eigenvalue weighted by molar-refractivity contribution is 7.20. The predicted molar refractivity (Wildman–Crippen MR) is 83.1 cm³/mol. The fourth-order valence-electron chi connectivity index (χ4n) is 2.34. The second-order valence-corrected chi connectivity index (χ2v) is 6.58. The zero-order chi connectivity index (χ0) is 15.8. The molecule has 6 heteroatoms. The summed E-state index contributed by atoms with van der Waals surface area (Å²) in [6.07, 6.45) is -4.82. The third-order valence-electron chi connectivity index (χ3n) is 3.40. The van der Waals surface area contributed by atoms with E-state index in [0.29, 0.717) is 9.75 Å². The van der Waals surface area contributed by atoms with E-state index in [2.05, 4.69) is 0 Å². The predicted octanol–water partition coefficient (Wildman–Crippen LogP) is 5.27. The van der Waals surface area contributed by atoms with E-state index in [9.17, 15) is 18.3 Å². The van der Waals surface area contributed by atoms with Crippen LogP contribution in [-0.4, -0.2) is 11.3 Å². The molecule has 2 heterocycles. The molecule has 1 atom stereocenters. The lowest BCUT2D eigenvalue weighted by molar-refractivity contribution is -0.248. The van der Waals surface area contributed by atoms with Gasteiger partial charge in [-0.25, -0.2) is 0 Å². The average molecular weight is 340 g/mol. The van der Waals surface area contributed by atoms with E-state index >= 15 is 0 Å². The number of halogens is 3. The van der Waals surface area contributed by atoms with E-state index in [1.807, 2.05) is 0 Å². The molecule has 1 nitrogen and oxygen atoms in total. The Morgan fingerprint density at radius 2 is 1.55 bits per heavy atom. The molecule has 114 valence electrons. The minimum Gasteiger partial charge on any atom is -0.372 e. The number of hydrogen-bond acceptors (Lipinski definition) is 3. The SMILES string of the molecule is OC(c1ccccc1)(c1ccsc1-c1cccs1)C(F)(F)F. The van der Waals surface area contributed by atoms with Crippen molar-refractivity contribution < 1.29 is 18.3 Å². The summed E-state index contributed by atoms with van der Waals surface area (Å²) in [5.41, 5.74) is -3.33. The molecule has 0 aliphatic heterocycles. The van der Waals surface area contributed by atoms with E-state index in [-0.39, 0.29) is 11.1 Å². The van der Waals surface area contributed by atoms with Crippen molar-refractivity contribution in [2.75, 3.05) is 0 Å². The lowest BCUT2D eigenvalue weighted by Gasteiger charge is -2.31. The Morgan fingerprint density at radius 3 is 2.14 bits per heavy atom. The molecule has 0 aliphatic rings. The van der Waals surface area contributed by atoms with E-state index in [1.165, 1.54) is 53.0 Å². The first kappa shape index (κ1) is 15.3. The van der Waals surface area contributed by atoms with Crippen LogP contribution < -0.4 is 0 Å². The van der Waals surface area contributed by atoms with E-state index in [4.69, 9.17) is 0 Å². The number of rotatable bonds is 3. The van der Waals surface area contributed by atoms with Crippen LogP contribution in [0, 0.1) is 0 Å². The maximum atomic E-state index is 13.7. The van der Waals surface area contributed by atoms with Gasteiger partial charge in [0.15, 0.2) is 0 Å². The van der Waals surface area contributed by atoms with Crippen LogP contribution in [0.2, 0.25) is 0 Å². The molecule has 0 aliphatic carbocycles. The van der Waals surface area contributed by atoms with Gasteiger partial charge in [-0.2, -0.15) is 13.2 Å². The van der Waals surface area contributed by atoms with Gasteiger partial charge in [0.1, 0.15) is 0 Å². The van der Waals surface area contributed by atoms with Crippen molar-refractivity contribution in [3.05, 3.63) is 70.4 Å². The maximum absolute atomic E-state index is 13.7. The van der Waals surface area contributed by atoms with Crippen molar-refractivity contribution >= 4 is 22.7 Å². The summed E-state index contributed by atoms with van der Waals surface area (Å²) in [4.78, 5) is 1.15. The van der Waals surface area contributed by atoms with Gasteiger partial charge in [-0.05, 0) is 28.5 Å². The van der Waals surface area contributed by atoms with Crippen molar-refractivity contribution in [1.82, 2.24) is 0 Å². The summed E-state index contributed by atoms with van der Waals surface area (Å²) >= 11 is 2.54. The van der Waals surface area contributed by atoms with Gasteiger partial charge in [-0.1, -0.05) is 36.4 Å². The van der Waals surface area contributed by atoms with E-state index in [1.54, 1.807) is 29.0 Å². The van der Waals surface area contributed by atoms with Crippen LogP contribution in [0.4, 0.5) is 13.2 Å². The summed E-state index contributed by atoms with van der Waals surface area (Å²) in [5.74, 6) is 0. The van der Waals surface area contributed by atoms with E-state index < -0.39 is 11.8 Å². The first-order chi connectivity index (χ1) is 10.4. The summed E-state index contributed by atoms with van der Waals surface area (Å²) in [7, 11) is 0.